The van der Waals surface area contributed by atoms with Crippen molar-refractivity contribution in [2.45, 2.75) is 0 Å². The number of benzene rings is 4. The molecule has 0 aliphatic heterocycles. The number of rotatable bonds is 5. The number of aliphatic imine (C=N–C) groups is 1. The van der Waals surface area contributed by atoms with Crippen molar-refractivity contribution in [1.29, 1.82) is 0 Å². The minimum absolute atomic E-state index is 0.0366. The summed E-state index contributed by atoms with van der Waals surface area (Å²) in [5.74, 6) is 0.196. The summed E-state index contributed by atoms with van der Waals surface area (Å²) in [5.41, 5.74) is 4.61. The fourth-order valence-electron chi connectivity index (χ4n) is 3.20. The lowest BCUT2D eigenvalue weighted by Gasteiger charge is -2.12. The number of non-ortho nitro benzene ring substituents is 1. The van der Waals surface area contributed by atoms with E-state index in [0.29, 0.717) is 16.8 Å². The van der Waals surface area contributed by atoms with Crippen molar-refractivity contribution in [2.24, 2.45) is 4.99 Å². The Labute approximate surface area is 173 Å². The van der Waals surface area contributed by atoms with E-state index in [1.807, 2.05) is 72.8 Å². The van der Waals surface area contributed by atoms with Crippen molar-refractivity contribution in [2.75, 3.05) is 0 Å². The number of hydrogen-bond donors (Lipinski definition) is 1. The van der Waals surface area contributed by atoms with Crippen LogP contribution in [0.25, 0.3) is 22.3 Å². The van der Waals surface area contributed by atoms with Gasteiger partial charge in [0.1, 0.15) is 5.75 Å². The molecule has 4 aromatic carbocycles. The van der Waals surface area contributed by atoms with Gasteiger partial charge in [0.05, 0.1) is 10.6 Å². The smallest absolute Gasteiger partial charge is 0.269 e. The quantitative estimate of drug-likeness (QED) is 0.242. The van der Waals surface area contributed by atoms with E-state index in [1.54, 1.807) is 18.3 Å². The van der Waals surface area contributed by atoms with Crippen LogP contribution in [0, 0.1) is 10.1 Å². The zero-order valence-electron chi connectivity index (χ0n) is 16.0. The maximum Gasteiger partial charge on any atom is 0.269 e. The number of aromatic hydroxyl groups is 1. The van der Waals surface area contributed by atoms with Gasteiger partial charge in [-0.25, -0.2) is 0 Å². The first kappa shape index (κ1) is 19.1. The zero-order valence-corrected chi connectivity index (χ0v) is 16.0. The number of phenolic OH excluding ortho intramolecular Hbond substituents is 1. The van der Waals surface area contributed by atoms with Crippen LogP contribution in [0.2, 0.25) is 0 Å². The lowest BCUT2D eigenvalue weighted by Crippen LogP contribution is -1.88. The topological polar surface area (TPSA) is 75.7 Å². The largest absolute Gasteiger partial charge is 0.507 e. The highest BCUT2D eigenvalue weighted by Crippen LogP contribution is 2.41. The summed E-state index contributed by atoms with van der Waals surface area (Å²) in [6, 6.07) is 29.1. The molecule has 4 aromatic rings. The van der Waals surface area contributed by atoms with Gasteiger partial charge in [0.25, 0.3) is 5.69 Å². The van der Waals surface area contributed by atoms with Gasteiger partial charge in [-0.15, -0.1) is 0 Å². The summed E-state index contributed by atoms with van der Waals surface area (Å²) in [6.45, 7) is 0. The molecule has 0 aliphatic carbocycles. The molecule has 5 heteroatoms. The monoisotopic (exact) mass is 394 g/mol. The number of nitro benzene ring substituents is 1. The van der Waals surface area contributed by atoms with E-state index in [4.69, 9.17) is 0 Å². The minimum Gasteiger partial charge on any atom is -0.507 e. The lowest BCUT2D eigenvalue weighted by atomic mass is 9.96. The van der Waals surface area contributed by atoms with Crippen LogP contribution in [0.3, 0.4) is 0 Å². The molecule has 0 unspecified atom stereocenters. The van der Waals surface area contributed by atoms with Crippen molar-refractivity contribution < 1.29 is 10.0 Å². The van der Waals surface area contributed by atoms with Crippen LogP contribution >= 0.6 is 0 Å². The Bertz CT molecular complexity index is 1140. The predicted molar refractivity (Wildman–Crippen MR) is 119 cm³/mol. The van der Waals surface area contributed by atoms with Crippen LogP contribution in [0.1, 0.15) is 5.56 Å². The lowest BCUT2D eigenvalue weighted by molar-refractivity contribution is -0.384. The fourth-order valence-corrected chi connectivity index (χ4v) is 3.20. The molecule has 0 atom stereocenters. The van der Waals surface area contributed by atoms with Gasteiger partial charge in [0, 0.05) is 29.5 Å². The molecule has 0 spiro atoms. The fraction of sp³-hybridized carbons (Fsp3) is 0. The third-order valence-electron chi connectivity index (χ3n) is 4.73. The van der Waals surface area contributed by atoms with Gasteiger partial charge in [0.2, 0.25) is 0 Å². The van der Waals surface area contributed by atoms with Gasteiger partial charge in [0.15, 0.2) is 0 Å². The van der Waals surface area contributed by atoms with Crippen LogP contribution < -0.4 is 0 Å². The number of phenols is 1. The van der Waals surface area contributed by atoms with E-state index in [0.717, 1.165) is 16.7 Å². The van der Waals surface area contributed by atoms with E-state index < -0.39 is 4.92 Å². The maximum atomic E-state index is 11.0. The van der Waals surface area contributed by atoms with E-state index in [2.05, 4.69) is 4.99 Å². The van der Waals surface area contributed by atoms with Crippen LogP contribution in [-0.2, 0) is 0 Å². The van der Waals surface area contributed by atoms with Crippen LogP contribution in [-0.4, -0.2) is 16.2 Å². The highest BCUT2D eigenvalue weighted by atomic mass is 16.6. The highest BCUT2D eigenvalue weighted by molar-refractivity contribution is 5.88. The number of nitrogens with zero attached hydrogens (tertiary/aromatic N) is 2. The van der Waals surface area contributed by atoms with Crippen LogP contribution in [0.5, 0.6) is 5.75 Å². The van der Waals surface area contributed by atoms with E-state index in [9.17, 15) is 15.2 Å². The molecule has 5 nitrogen and oxygen atoms in total. The normalized spacial score (nSPS) is 10.9. The summed E-state index contributed by atoms with van der Waals surface area (Å²) >= 11 is 0. The Balaban J connectivity index is 1.78. The summed E-state index contributed by atoms with van der Waals surface area (Å²) in [6.07, 6.45) is 1.65. The van der Waals surface area contributed by atoms with Crippen molar-refractivity contribution in [3.63, 3.8) is 0 Å². The van der Waals surface area contributed by atoms with Gasteiger partial charge >= 0.3 is 0 Å². The molecular formula is C25H18N2O3. The van der Waals surface area contributed by atoms with E-state index in [-0.39, 0.29) is 11.4 Å². The predicted octanol–water partition coefficient (Wildman–Crippen LogP) is 6.39. The van der Waals surface area contributed by atoms with Crippen molar-refractivity contribution >= 4 is 17.6 Å². The molecule has 0 aromatic heterocycles. The van der Waals surface area contributed by atoms with Gasteiger partial charge in [-0.3, -0.25) is 15.1 Å². The van der Waals surface area contributed by atoms with Crippen molar-refractivity contribution in [1.82, 2.24) is 0 Å². The molecule has 0 aliphatic rings. The molecule has 0 heterocycles. The van der Waals surface area contributed by atoms with Gasteiger partial charge in [-0.05, 0) is 41.0 Å². The Hall–Kier alpha value is -4.25. The third kappa shape index (κ3) is 4.10. The second kappa shape index (κ2) is 8.41. The molecule has 4 rings (SSSR count). The van der Waals surface area contributed by atoms with Crippen molar-refractivity contribution in [3.05, 3.63) is 113 Å². The Morgan fingerprint density at radius 1 is 0.767 bits per heavy atom. The third-order valence-corrected chi connectivity index (χ3v) is 4.73. The van der Waals surface area contributed by atoms with Crippen molar-refractivity contribution in [3.8, 4) is 28.0 Å². The first-order valence-electron chi connectivity index (χ1n) is 9.38. The maximum absolute atomic E-state index is 11.0. The van der Waals surface area contributed by atoms with E-state index in [1.165, 1.54) is 12.1 Å². The molecule has 0 amide bonds. The van der Waals surface area contributed by atoms with Crippen LogP contribution in [0.4, 0.5) is 11.4 Å². The Morgan fingerprint density at radius 3 is 1.73 bits per heavy atom. The molecular weight excluding hydrogens is 376 g/mol. The van der Waals surface area contributed by atoms with Crippen LogP contribution in [0.15, 0.2) is 102 Å². The average molecular weight is 394 g/mol. The average Bonchev–Trinajstić information content (AvgIpc) is 2.80. The first-order chi connectivity index (χ1) is 14.6. The number of hydrogen-bond acceptors (Lipinski definition) is 4. The molecule has 0 bridgehead atoms. The summed E-state index contributed by atoms with van der Waals surface area (Å²) < 4.78 is 0. The molecule has 0 saturated heterocycles. The molecule has 0 radical (unpaired) electrons. The highest BCUT2D eigenvalue weighted by Gasteiger charge is 2.13. The first-order valence-corrected chi connectivity index (χ1v) is 9.38. The van der Waals surface area contributed by atoms with Gasteiger partial charge in [-0.1, -0.05) is 60.7 Å². The Morgan fingerprint density at radius 2 is 1.27 bits per heavy atom. The molecule has 146 valence electrons. The van der Waals surface area contributed by atoms with E-state index >= 15 is 0 Å². The summed E-state index contributed by atoms with van der Waals surface area (Å²) in [4.78, 5) is 14.9. The molecule has 1 N–H and O–H groups in total. The minimum atomic E-state index is -0.431. The second-order valence-electron chi connectivity index (χ2n) is 6.73. The SMILES string of the molecule is O=[N+]([O-])c1ccc(C=Nc2cc(-c3ccccc3)c(O)c(-c3ccccc3)c2)cc1. The van der Waals surface area contributed by atoms with Gasteiger partial charge in [-0.2, -0.15) is 0 Å². The Kier molecular flexibility index (Phi) is 5.35. The number of nitro groups is 1. The van der Waals surface area contributed by atoms with Gasteiger partial charge < -0.3 is 5.11 Å². The summed E-state index contributed by atoms with van der Waals surface area (Å²) in [7, 11) is 0. The zero-order chi connectivity index (χ0) is 20.9. The molecule has 30 heavy (non-hydrogen) atoms. The summed E-state index contributed by atoms with van der Waals surface area (Å²) in [5, 5.41) is 21.8. The standard InChI is InChI=1S/C25H18N2O3/c28-25-23(19-7-3-1-4-8-19)15-21(16-24(25)20-9-5-2-6-10-20)26-17-18-11-13-22(14-12-18)27(29)30/h1-17,28H. The molecule has 0 saturated carbocycles. The molecule has 0 fully saturated rings. The second-order valence-corrected chi connectivity index (χ2v) is 6.73.